The Morgan fingerprint density at radius 1 is 1.39 bits per heavy atom. The molecular weight excluding hydrogens is 314 g/mol. The summed E-state index contributed by atoms with van der Waals surface area (Å²) >= 11 is 4.94. The summed E-state index contributed by atoms with van der Waals surface area (Å²) < 4.78 is 2.67. The van der Waals surface area contributed by atoms with E-state index >= 15 is 0 Å². The summed E-state index contributed by atoms with van der Waals surface area (Å²) in [7, 11) is 0. The van der Waals surface area contributed by atoms with E-state index in [4.69, 9.17) is 5.73 Å². The van der Waals surface area contributed by atoms with Crippen molar-refractivity contribution in [2.24, 2.45) is 0 Å². The maximum Gasteiger partial charge on any atom is 0.234 e. The third-order valence-electron chi connectivity index (χ3n) is 2.62. The Morgan fingerprint density at radius 2 is 2.22 bits per heavy atom. The van der Waals surface area contributed by atoms with Crippen LogP contribution in [0.2, 0.25) is 0 Å². The smallest absolute Gasteiger partial charge is 0.234 e. The van der Waals surface area contributed by atoms with E-state index in [0.717, 1.165) is 37.9 Å². The van der Waals surface area contributed by atoms with E-state index in [-0.39, 0.29) is 0 Å². The van der Waals surface area contributed by atoms with Crippen LogP contribution >= 0.6 is 27.3 Å². The van der Waals surface area contributed by atoms with Crippen LogP contribution in [0.5, 0.6) is 0 Å². The molecule has 92 valence electrons. The van der Waals surface area contributed by atoms with Crippen LogP contribution in [0.1, 0.15) is 12.7 Å². The van der Waals surface area contributed by atoms with Crippen molar-refractivity contribution in [2.45, 2.75) is 13.3 Å². The van der Waals surface area contributed by atoms with Gasteiger partial charge in [-0.05, 0) is 34.1 Å². The van der Waals surface area contributed by atoms with Gasteiger partial charge in [-0.15, -0.1) is 10.2 Å². The lowest BCUT2D eigenvalue weighted by Gasteiger charge is -2.00. The topological polar surface area (TPSA) is 69.1 Å². The fourth-order valence-corrected chi connectivity index (χ4v) is 2.89. The Morgan fingerprint density at radius 3 is 2.94 bits per heavy atom. The molecule has 7 heteroatoms. The number of benzene rings is 1. The molecule has 3 aromatic rings. The first-order valence-corrected chi connectivity index (χ1v) is 7.06. The second kappa shape index (κ2) is 4.33. The van der Waals surface area contributed by atoms with Crippen LogP contribution in [-0.4, -0.2) is 19.8 Å². The van der Waals surface area contributed by atoms with Gasteiger partial charge in [-0.2, -0.15) is 9.61 Å². The molecule has 2 heterocycles. The van der Waals surface area contributed by atoms with Crippen LogP contribution in [0.3, 0.4) is 0 Å². The highest BCUT2D eigenvalue weighted by atomic mass is 79.9. The average Bonchev–Trinajstić information content (AvgIpc) is 2.92. The van der Waals surface area contributed by atoms with Gasteiger partial charge in [-0.3, -0.25) is 0 Å². The van der Waals surface area contributed by atoms with Gasteiger partial charge in [0.1, 0.15) is 5.01 Å². The maximum absolute atomic E-state index is 5.78. The number of hydrogen-bond donors (Lipinski definition) is 1. The van der Waals surface area contributed by atoms with E-state index in [2.05, 4.69) is 31.2 Å². The summed E-state index contributed by atoms with van der Waals surface area (Å²) in [6, 6.07) is 5.78. The minimum absolute atomic E-state index is 0.719. The number of anilines is 1. The predicted octanol–water partition coefficient (Wildman–Crippen LogP) is 2.76. The lowest BCUT2D eigenvalue weighted by molar-refractivity contribution is 0.838. The fraction of sp³-hybridized carbons (Fsp3) is 0.182. The quantitative estimate of drug-likeness (QED) is 0.736. The van der Waals surface area contributed by atoms with Gasteiger partial charge < -0.3 is 5.73 Å². The molecule has 18 heavy (non-hydrogen) atoms. The Balaban J connectivity index is 2.13. The summed E-state index contributed by atoms with van der Waals surface area (Å²) in [6.45, 7) is 2.04. The summed E-state index contributed by atoms with van der Waals surface area (Å²) in [5.41, 5.74) is 7.52. The molecule has 0 saturated heterocycles. The van der Waals surface area contributed by atoms with Gasteiger partial charge in [0.2, 0.25) is 4.96 Å². The number of nitrogen functional groups attached to an aromatic ring is 1. The van der Waals surface area contributed by atoms with E-state index < -0.39 is 0 Å². The Kier molecular flexibility index (Phi) is 2.79. The normalized spacial score (nSPS) is 11.2. The first-order chi connectivity index (χ1) is 8.69. The highest BCUT2D eigenvalue weighted by Gasteiger charge is 2.12. The van der Waals surface area contributed by atoms with Crippen LogP contribution in [0.4, 0.5) is 5.69 Å². The first kappa shape index (κ1) is 11.6. The number of nitrogens with two attached hydrogens (primary N) is 1. The molecule has 2 N–H and O–H groups in total. The summed E-state index contributed by atoms with van der Waals surface area (Å²) in [6.07, 6.45) is 0.815. The fourth-order valence-electron chi connectivity index (χ4n) is 1.65. The Bertz CT molecular complexity index is 717. The van der Waals surface area contributed by atoms with E-state index in [1.165, 1.54) is 11.3 Å². The number of fused-ring (bicyclic) bond motifs is 1. The largest absolute Gasteiger partial charge is 0.398 e. The Labute approximate surface area is 116 Å². The van der Waals surface area contributed by atoms with Gasteiger partial charge in [-0.1, -0.05) is 18.3 Å². The number of hydrogen-bond acceptors (Lipinski definition) is 5. The second-order valence-electron chi connectivity index (χ2n) is 3.81. The van der Waals surface area contributed by atoms with Crippen molar-refractivity contribution in [1.82, 2.24) is 19.8 Å². The van der Waals surface area contributed by atoms with Crippen molar-refractivity contribution >= 4 is 37.9 Å². The van der Waals surface area contributed by atoms with Crippen LogP contribution in [-0.2, 0) is 6.42 Å². The summed E-state index contributed by atoms with van der Waals surface area (Å²) in [4.78, 5) is 0.815. The molecule has 0 saturated carbocycles. The molecule has 3 rings (SSSR count). The molecule has 0 atom stereocenters. The molecule has 0 aliphatic rings. The zero-order valence-electron chi connectivity index (χ0n) is 9.59. The SMILES string of the molecule is CCc1nnc2sc(-c3ccc(N)c(Br)c3)nn12. The van der Waals surface area contributed by atoms with Crippen LogP contribution < -0.4 is 5.73 Å². The first-order valence-electron chi connectivity index (χ1n) is 5.45. The molecule has 0 unspecified atom stereocenters. The predicted molar refractivity (Wildman–Crippen MR) is 75.6 cm³/mol. The number of nitrogens with zero attached hydrogens (tertiary/aromatic N) is 4. The van der Waals surface area contributed by atoms with Crippen molar-refractivity contribution in [1.29, 1.82) is 0 Å². The molecule has 0 radical (unpaired) electrons. The lowest BCUT2D eigenvalue weighted by atomic mass is 10.2. The van der Waals surface area contributed by atoms with Crippen molar-refractivity contribution in [3.63, 3.8) is 0 Å². The molecule has 5 nitrogen and oxygen atoms in total. The molecular formula is C11H10BrN5S. The third-order valence-corrected chi connectivity index (χ3v) is 4.25. The van der Waals surface area contributed by atoms with E-state index in [1.807, 2.05) is 25.1 Å². The molecule has 1 aromatic carbocycles. The summed E-state index contributed by atoms with van der Waals surface area (Å²) in [5.74, 6) is 0.877. The van der Waals surface area contributed by atoms with Crippen LogP contribution in [0.25, 0.3) is 15.5 Å². The molecule has 0 aliphatic carbocycles. The molecule has 0 spiro atoms. The number of aryl methyl sites for hydroxylation is 1. The third kappa shape index (κ3) is 1.79. The van der Waals surface area contributed by atoms with Gasteiger partial charge in [0, 0.05) is 22.1 Å². The lowest BCUT2D eigenvalue weighted by Crippen LogP contribution is -1.93. The zero-order valence-corrected chi connectivity index (χ0v) is 12.0. The second-order valence-corrected chi connectivity index (χ2v) is 5.62. The molecule has 0 aliphatic heterocycles. The molecule has 0 bridgehead atoms. The summed E-state index contributed by atoms with van der Waals surface area (Å²) in [5, 5.41) is 13.6. The van der Waals surface area contributed by atoms with E-state index in [0.29, 0.717) is 0 Å². The number of rotatable bonds is 2. The molecule has 0 fully saturated rings. The monoisotopic (exact) mass is 323 g/mol. The van der Waals surface area contributed by atoms with Gasteiger partial charge in [0.05, 0.1) is 0 Å². The van der Waals surface area contributed by atoms with Crippen molar-refractivity contribution in [2.75, 3.05) is 5.73 Å². The zero-order chi connectivity index (χ0) is 12.7. The van der Waals surface area contributed by atoms with Gasteiger partial charge in [-0.25, -0.2) is 0 Å². The minimum Gasteiger partial charge on any atom is -0.398 e. The van der Waals surface area contributed by atoms with Crippen molar-refractivity contribution < 1.29 is 0 Å². The highest BCUT2D eigenvalue weighted by molar-refractivity contribution is 9.10. The molecule has 2 aromatic heterocycles. The van der Waals surface area contributed by atoms with E-state index in [9.17, 15) is 0 Å². The number of halogens is 1. The maximum atomic E-state index is 5.78. The minimum atomic E-state index is 0.719. The van der Waals surface area contributed by atoms with Crippen LogP contribution in [0, 0.1) is 0 Å². The number of aromatic nitrogens is 4. The van der Waals surface area contributed by atoms with Crippen LogP contribution in [0.15, 0.2) is 22.7 Å². The molecule has 0 amide bonds. The van der Waals surface area contributed by atoms with Crippen molar-refractivity contribution in [3.05, 3.63) is 28.5 Å². The highest BCUT2D eigenvalue weighted by Crippen LogP contribution is 2.30. The Hall–Kier alpha value is -1.47. The average molecular weight is 324 g/mol. The van der Waals surface area contributed by atoms with E-state index in [1.54, 1.807) is 4.52 Å². The van der Waals surface area contributed by atoms with Gasteiger partial charge in [0.25, 0.3) is 0 Å². The van der Waals surface area contributed by atoms with Gasteiger partial charge >= 0.3 is 0 Å². The standard InChI is InChI=1S/C11H10BrN5S/c1-2-9-14-15-11-17(9)16-10(18-11)6-3-4-8(13)7(12)5-6/h3-5H,2,13H2,1H3. The van der Waals surface area contributed by atoms with Crippen molar-refractivity contribution in [3.8, 4) is 10.6 Å². The van der Waals surface area contributed by atoms with Gasteiger partial charge in [0.15, 0.2) is 5.82 Å².